The molecule has 0 aliphatic rings. The summed E-state index contributed by atoms with van der Waals surface area (Å²) in [6.45, 7) is 6.09. The van der Waals surface area contributed by atoms with Crippen molar-refractivity contribution >= 4 is 11.6 Å². The third kappa shape index (κ3) is 3.87. The van der Waals surface area contributed by atoms with Gasteiger partial charge in [0.2, 0.25) is 0 Å². The number of Topliss-reactive ketones (excluding diaryl/α,β-unsaturated/α-hetero) is 2. The van der Waals surface area contributed by atoms with E-state index in [4.69, 9.17) is 9.47 Å². The molecule has 1 aromatic rings. The van der Waals surface area contributed by atoms with E-state index in [1.807, 2.05) is 13.8 Å². The maximum Gasteiger partial charge on any atom is 0.174 e. The summed E-state index contributed by atoms with van der Waals surface area (Å²) in [5.74, 6) is 0.692. The Morgan fingerprint density at radius 1 is 1.11 bits per heavy atom. The molecule has 4 heteroatoms. The van der Waals surface area contributed by atoms with Crippen molar-refractivity contribution in [3.05, 3.63) is 23.8 Å². The molecular weight excluding hydrogens is 232 g/mol. The van der Waals surface area contributed by atoms with Crippen LogP contribution in [0.5, 0.6) is 11.5 Å². The monoisotopic (exact) mass is 250 g/mol. The van der Waals surface area contributed by atoms with Crippen molar-refractivity contribution < 1.29 is 19.1 Å². The van der Waals surface area contributed by atoms with Crippen molar-refractivity contribution in [1.82, 2.24) is 0 Å². The summed E-state index contributed by atoms with van der Waals surface area (Å²) in [7, 11) is 0. The summed E-state index contributed by atoms with van der Waals surface area (Å²) >= 11 is 0. The van der Waals surface area contributed by atoms with Gasteiger partial charge < -0.3 is 9.47 Å². The highest BCUT2D eigenvalue weighted by Crippen LogP contribution is 2.25. The van der Waals surface area contributed by atoms with Gasteiger partial charge in [-0.1, -0.05) is 0 Å². The average Bonchev–Trinajstić information content (AvgIpc) is 2.30. The first-order valence-corrected chi connectivity index (χ1v) is 6.00. The number of carbonyl (C=O) groups is 2. The lowest BCUT2D eigenvalue weighted by molar-refractivity contribution is -0.116. The Hall–Kier alpha value is -1.84. The van der Waals surface area contributed by atoms with Crippen LogP contribution in [-0.4, -0.2) is 24.8 Å². The van der Waals surface area contributed by atoms with Crippen LogP contribution in [0.4, 0.5) is 0 Å². The van der Waals surface area contributed by atoms with Crippen molar-refractivity contribution in [2.24, 2.45) is 0 Å². The lowest BCUT2D eigenvalue weighted by Crippen LogP contribution is -2.08. The fourth-order valence-electron chi connectivity index (χ4n) is 1.59. The Morgan fingerprint density at radius 3 is 2.33 bits per heavy atom. The summed E-state index contributed by atoms with van der Waals surface area (Å²) in [4.78, 5) is 23.0. The molecule has 1 aromatic carbocycles. The number of hydrogen-bond donors (Lipinski definition) is 0. The molecule has 0 heterocycles. The number of ketones is 2. The Labute approximate surface area is 107 Å². The van der Waals surface area contributed by atoms with E-state index in [2.05, 4.69) is 0 Å². The van der Waals surface area contributed by atoms with Crippen LogP contribution in [0.3, 0.4) is 0 Å². The van der Waals surface area contributed by atoms with Crippen molar-refractivity contribution in [2.45, 2.75) is 27.2 Å². The van der Waals surface area contributed by atoms with E-state index >= 15 is 0 Å². The third-order valence-electron chi connectivity index (χ3n) is 2.27. The molecule has 0 atom stereocenters. The topological polar surface area (TPSA) is 52.6 Å². The summed E-state index contributed by atoms with van der Waals surface area (Å²) in [5.41, 5.74) is 0.401. The largest absolute Gasteiger partial charge is 0.494 e. The minimum atomic E-state index is -0.243. The van der Waals surface area contributed by atoms with Crippen LogP contribution >= 0.6 is 0 Å². The number of hydrogen-bond acceptors (Lipinski definition) is 4. The van der Waals surface area contributed by atoms with Crippen molar-refractivity contribution in [3.63, 3.8) is 0 Å². The molecule has 1 rings (SSSR count). The maximum atomic E-state index is 12.0. The molecule has 0 aliphatic carbocycles. The maximum absolute atomic E-state index is 12.0. The smallest absolute Gasteiger partial charge is 0.174 e. The number of carbonyl (C=O) groups excluding carboxylic acids is 2. The molecule has 0 bridgehead atoms. The fraction of sp³-hybridized carbons (Fsp3) is 0.429. The van der Waals surface area contributed by atoms with Gasteiger partial charge in [0.15, 0.2) is 5.78 Å². The standard InChI is InChI=1S/C14H18O4/c1-4-17-11-6-7-14(18-5-2)12(9-11)13(16)8-10(3)15/h6-7,9H,4-5,8H2,1-3H3. The number of rotatable bonds is 7. The minimum absolute atomic E-state index is 0.115. The summed E-state index contributed by atoms with van der Waals surface area (Å²) in [6.07, 6.45) is -0.115. The predicted octanol–water partition coefficient (Wildman–Crippen LogP) is 2.65. The molecule has 0 radical (unpaired) electrons. The van der Waals surface area contributed by atoms with E-state index in [9.17, 15) is 9.59 Å². The van der Waals surface area contributed by atoms with Crippen molar-refractivity contribution in [1.29, 1.82) is 0 Å². The highest BCUT2D eigenvalue weighted by Gasteiger charge is 2.15. The normalized spacial score (nSPS) is 9.94. The van der Waals surface area contributed by atoms with Gasteiger partial charge in [-0.15, -0.1) is 0 Å². The first-order valence-electron chi connectivity index (χ1n) is 6.00. The quantitative estimate of drug-likeness (QED) is 0.551. The van der Waals surface area contributed by atoms with Gasteiger partial charge in [0.1, 0.15) is 17.3 Å². The van der Waals surface area contributed by atoms with Gasteiger partial charge in [0, 0.05) is 0 Å². The lowest BCUT2D eigenvalue weighted by Gasteiger charge is -2.11. The Bertz CT molecular complexity index is 437. The Kier molecular flexibility index (Phi) is 5.36. The van der Waals surface area contributed by atoms with Crippen LogP contribution in [0.15, 0.2) is 18.2 Å². The van der Waals surface area contributed by atoms with Gasteiger partial charge in [0.05, 0.1) is 25.2 Å². The van der Waals surface area contributed by atoms with E-state index < -0.39 is 0 Å². The SMILES string of the molecule is CCOc1ccc(OCC)c(C(=O)CC(C)=O)c1. The molecule has 4 nitrogen and oxygen atoms in total. The van der Waals surface area contributed by atoms with Gasteiger partial charge in [-0.3, -0.25) is 9.59 Å². The zero-order valence-electron chi connectivity index (χ0n) is 11.0. The molecule has 0 fully saturated rings. The van der Waals surface area contributed by atoms with E-state index in [1.165, 1.54) is 6.92 Å². The van der Waals surface area contributed by atoms with Crippen LogP contribution in [0.25, 0.3) is 0 Å². The molecule has 0 aromatic heterocycles. The third-order valence-corrected chi connectivity index (χ3v) is 2.27. The zero-order chi connectivity index (χ0) is 13.5. The van der Waals surface area contributed by atoms with Gasteiger partial charge in [-0.25, -0.2) is 0 Å². The average molecular weight is 250 g/mol. The summed E-state index contributed by atoms with van der Waals surface area (Å²) in [6, 6.07) is 5.07. The lowest BCUT2D eigenvalue weighted by atomic mass is 10.0. The van der Waals surface area contributed by atoms with Crippen LogP contribution in [0.2, 0.25) is 0 Å². The zero-order valence-corrected chi connectivity index (χ0v) is 11.0. The molecule has 0 spiro atoms. The second kappa shape index (κ2) is 6.79. The first-order chi connectivity index (χ1) is 8.58. The van der Waals surface area contributed by atoms with Gasteiger partial charge in [0.25, 0.3) is 0 Å². The van der Waals surface area contributed by atoms with Gasteiger partial charge >= 0.3 is 0 Å². The summed E-state index contributed by atoms with van der Waals surface area (Å²) in [5, 5.41) is 0. The van der Waals surface area contributed by atoms with E-state index in [-0.39, 0.29) is 18.0 Å². The molecule has 98 valence electrons. The van der Waals surface area contributed by atoms with E-state index in [0.717, 1.165) is 0 Å². The van der Waals surface area contributed by atoms with Crippen LogP contribution < -0.4 is 9.47 Å². The molecule has 0 aliphatic heterocycles. The van der Waals surface area contributed by atoms with Crippen molar-refractivity contribution in [2.75, 3.05) is 13.2 Å². The predicted molar refractivity (Wildman–Crippen MR) is 68.4 cm³/mol. The second-order valence-electron chi connectivity index (χ2n) is 3.83. The molecule has 18 heavy (non-hydrogen) atoms. The number of benzene rings is 1. The fourth-order valence-corrected chi connectivity index (χ4v) is 1.59. The molecule has 0 N–H and O–H groups in total. The van der Waals surface area contributed by atoms with E-state index in [0.29, 0.717) is 30.3 Å². The summed E-state index contributed by atoms with van der Waals surface area (Å²) < 4.78 is 10.7. The van der Waals surface area contributed by atoms with Crippen LogP contribution in [0, 0.1) is 0 Å². The molecule has 0 saturated heterocycles. The minimum Gasteiger partial charge on any atom is -0.494 e. The molecule has 0 amide bonds. The second-order valence-corrected chi connectivity index (χ2v) is 3.83. The van der Waals surface area contributed by atoms with Gasteiger partial charge in [-0.2, -0.15) is 0 Å². The van der Waals surface area contributed by atoms with E-state index in [1.54, 1.807) is 18.2 Å². The van der Waals surface area contributed by atoms with Crippen LogP contribution in [0.1, 0.15) is 37.6 Å². The molecule has 0 saturated carbocycles. The van der Waals surface area contributed by atoms with Gasteiger partial charge in [-0.05, 0) is 39.0 Å². The number of ether oxygens (including phenoxy) is 2. The first kappa shape index (κ1) is 14.2. The Morgan fingerprint density at radius 2 is 1.78 bits per heavy atom. The van der Waals surface area contributed by atoms with Crippen LogP contribution in [-0.2, 0) is 4.79 Å². The van der Waals surface area contributed by atoms with Crippen molar-refractivity contribution in [3.8, 4) is 11.5 Å². The Balaban J connectivity index is 3.05. The highest BCUT2D eigenvalue weighted by atomic mass is 16.5. The molecule has 0 unspecified atom stereocenters. The highest BCUT2D eigenvalue weighted by molar-refractivity contribution is 6.09. The molecular formula is C14H18O4.